The standard InChI is InChI=1S/C12H25NO2S/c1-3-4-5-7-11(2)13-10-12-8-6-9-16(12,14)15/h11-13H,3-10H2,1-2H3. The van der Waals surface area contributed by atoms with Gasteiger partial charge in [0.05, 0.1) is 11.0 Å². The van der Waals surface area contributed by atoms with Crippen molar-refractivity contribution >= 4 is 9.84 Å². The Labute approximate surface area is 99.9 Å². The molecule has 0 bridgehead atoms. The number of hydrogen-bond acceptors (Lipinski definition) is 3. The van der Waals surface area contributed by atoms with Crippen LogP contribution in [0.5, 0.6) is 0 Å². The van der Waals surface area contributed by atoms with Gasteiger partial charge in [0.15, 0.2) is 9.84 Å². The minimum Gasteiger partial charge on any atom is -0.313 e. The van der Waals surface area contributed by atoms with Crippen LogP contribution >= 0.6 is 0 Å². The van der Waals surface area contributed by atoms with E-state index < -0.39 is 9.84 Å². The molecule has 1 rings (SSSR count). The molecule has 0 aromatic heterocycles. The molecule has 1 fully saturated rings. The van der Waals surface area contributed by atoms with E-state index in [2.05, 4.69) is 19.2 Å². The van der Waals surface area contributed by atoms with Gasteiger partial charge in [-0.15, -0.1) is 0 Å². The van der Waals surface area contributed by atoms with Crippen molar-refractivity contribution in [1.29, 1.82) is 0 Å². The van der Waals surface area contributed by atoms with Crippen molar-refractivity contribution < 1.29 is 8.42 Å². The summed E-state index contributed by atoms with van der Waals surface area (Å²) in [6, 6.07) is 0.447. The van der Waals surface area contributed by atoms with E-state index >= 15 is 0 Å². The summed E-state index contributed by atoms with van der Waals surface area (Å²) in [7, 11) is -2.77. The van der Waals surface area contributed by atoms with Crippen LogP contribution in [0.3, 0.4) is 0 Å². The van der Waals surface area contributed by atoms with E-state index in [1.807, 2.05) is 0 Å². The highest BCUT2D eigenvalue weighted by Crippen LogP contribution is 2.19. The highest BCUT2D eigenvalue weighted by molar-refractivity contribution is 7.92. The summed E-state index contributed by atoms with van der Waals surface area (Å²) in [4.78, 5) is 0. The van der Waals surface area contributed by atoms with Gasteiger partial charge in [-0.2, -0.15) is 0 Å². The van der Waals surface area contributed by atoms with Gasteiger partial charge in [-0.05, 0) is 26.2 Å². The summed E-state index contributed by atoms with van der Waals surface area (Å²) in [6.07, 6.45) is 6.59. The minimum absolute atomic E-state index is 0.124. The maximum Gasteiger partial charge on any atom is 0.154 e. The molecule has 1 aliphatic rings. The second kappa shape index (κ2) is 6.60. The average molecular weight is 247 g/mol. The maximum absolute atomic E-state index is 11.6. The third-order valence-corrected chi connectivity index (χ3v) is 5.67. The number of rotatable bonds is 7. The Hall–Kier alpha value is -0.0900. The first kappa shape index (κ1) is 14.0. The Bertz CT molecular complexity index is 287. The Morgan fingerprint density at radius 3 is 2.69 bits per heavy atom. The Kier molecular flexibility index (Phi) is 5.76. The summed E-state index contributed by atoms with van der Waals surface area (Å²) >= 11 is 0. The van der Waals surface area contributed by atoms with Crippen molar-refractivity contribution in [1.82, 2.24) is 5.32 Å². The zero-order chi connectivity index (χ0) is 12.0. The van der Waals surface area contributed by atoms with Crippen LogP contribution in [-0.4, -0.2) is 32.0 Å². The van der Waals surface area contributed by atoms with E-state index in [1.54, 1.807) is 0 Å². The molecule has 3 nitrogen and oxygen atoms in total. The van der Waals surface area contributed by atoms with Crippen LogP contribution in [0.1, 0.15) is 52.4 Å². The van der Waals surface area contributed by atoms with Crippen LogP contribution in [0.15, 0.2) is 0 Å². The number of nitrogens with one attached hydrogen (secondary N) is 1. The number of sulfone groups is 1. The van der Waals surface area contributed by atoms with Crippen molar-refractivity contribution in [2.75, 3.05) is 12.3 Å². The number of hydrogen-bond donors (Lipinski definition) is 1. The zero-order valence-corrected chi connectivity index (χ0v) is 11.4. The maximum atomic E-state index is 11.6. The molecule has 0 aliphatic carbocycles. The van der Waals surface area contributed by atoms with E-state index in [-0.39, 0.29) is 5.25 Å². The molecule has 2 unspecified atom stereocenters. The molecule has 1 saturated heterocycles. The van der Waals surface area contributed by atoms with Crippen LogP contribution < -0.4 is 5.32 Å². The SMILES string of the molecule is CCCCCC(C)NCC1CCCS1(=O)=O. The fraction of sp³-hybridized carbons (Fsp3) is 1.00. The smallest absolute Gasteiger partial charge is 0.154 e. The van der Waals surface area contributed by atoms with Gasteiger partial charge in [0, 0.05) is 12.6 Å². The van der Waals surface area contributed by atoms with Crippen LogP contribution in [0, 0.1) is 0 Å². The van der Waals surface area contributed by atoms with E-state index in [1.165, 1.54) is 19.3 Å². The lowest BCUT2D eigenvalue weighted by Crippen LogP contribution is -2.35. The fourth-order valence-electron chi connectivity index (χ4n) is 2.22. The average Bonchev–Trinajstić information content (AvgIpc) is 2.55. The normalized spacial score (nSPS) is 25.8. The Morgan fingerprint density at radius 2 is 2.12 bits per heavy atom. The summed E-state index contributed by atoms with van der Waals surface area (Å²) < 4.78 is 23.2. The molecule has 0 radical (unpaired) electrons. The highest BCUT2D eigenvalue weighted by atomic mass is 32.2. The Balaban J connectivity index is 2.19. The summed E-state index contributed by atoms with van der Waals surface area (Å²) in [5.74, 6) is 0.392. The van der Waals surface area contributed by atoms with E-state index in [0.29, 0.717) is 18.3 Å². The predicted octanol–water partition coefficient (Wildman–Crippen LogP) is 2.12. The van der Waals surface area contributed by atoms with Gasteiger partial charge in [0.1, 0.15) is 0 Å². The topological polar surface area (TPSA) is 46.2 Å². The van der Waals surface area contributed by atoms with E-state index in [0.717, 1.165) is 19.3 Å². The lowest BCUT2D eigenvalue weighted by Gasteiger charge is -2.16. The molecule has 0 aromatic carbocycles. The molecule has 1 heterocycles. The van der Waals surface area contributed by atoms with Crippen molar-refractivity contribution in [3.8, 4) is 0 Å². The van der Waals surface area contributed by atoms with Gasteiger partial charge < -0.3 is 5.32 Å². The summed E-state index contributed by atoms with van der Waals surface area (Å²) in [5.41, 5.74) is 0. The second-order valence-corrected chi connectivity index (χ2v) is 7.34. The molecule has 0 spiro atoms. The lowest BCUT2D eigenvalue weighted by atomic mass is 10.1. The molecule has 0 aromatic rings. The molecule has 0 saturated carbocycles. The first-order chi connectivity index (χ1) is 7.56. The van der Waals surface area contributed by atoms with Crippen molar-refractivity contribution in [3.63, 3.8) is 0 Å². The van der Waals surface area contributed by atoms with Gasteiger partial charge in [-0.1, -0.05) is 26.2 Å². The largest absolute Gasteiger partial charge is 0.313 e. The second-order valence-electron chi connectivity index (χ2n) is 4.94. The van der Waals surface area contributed by atoms with Crippen molar-refractivity contribution in [3.05, 3.63) is 0 Å². The molecule has 1 aliphatic heterocycles. The van der Waals surface area contributed by atoms with Gasteiger partial charge in [-0.25, -0.2) is 8.42 Å². The van der Waals surface area contributed by atoms with E-state index in [9.17, 15) is 8.42 Å². The third kappa shape index (κ3) is 4.42. The molecular formula is C12H25NO2S. The third-order valence-electron chi connectivity index (χ3n) is 3.40. The molecule has 4 heteroatoms. The molecule has 96 valence electrons. The first-order valence-corrected chi connectivity index (χ1v) is 8.22. The quantitative estimate of drug-likeness (QED) is 0.701. The van der Waals surface area contributed by atoms with Crippen LogP contribution in [0.25, 0.3) is 0 Å². The lowest BCUT2D eigenvalue weighted by molar-refractivity contribution is 0.478. The number of unbranched alkanes of at least 4 members (excludes halogenated alkanes) is 2. The van der Waals surface area contributed by atoms with Crippen LogP contribution in [-0.2, 0) is 9.84 Å². The van der Waals surface area contributed by atoms with Gasteiger partial charge in [0.2, 0.25) is 0 Å². The van der Waals surface area contributed by atoms with Crippen LogP contribution in [0.2, 0.25) is 0 Å². The first-order valence-electron chi connectivity index (χ1n) is 6.51. The van der Waals surface area contributed by atoms with Gasteiger partial charge >= 0.3 is 0 Å². The van der Waals surface area contributed by atoms with Gasteiger partial charge in [0.25, 0.3) is 0 Å². The minimum atomic E-state index is -2.77. The monoisotopic (exact) mass is 247 g/mol. The zero-order valence-electron chi connectivity index (χ0n) is 10.5. The predicted molar refractivity (Wildman–Crippen MR) is 68.4 cm³/mol. The molecule has 0 amide bonds. The molecule has 2 atom stereocenters. The fourth-order valence-corrected chi connectivity index (χ4v) is 4.00. The Morgan fingerprint density at radius 1 is 1.38 bits per heavy atom. The summed E-state index contributed by atoms with van der Waals surface area (Å²) in [5, 5.41) is 3.24. The van der Waals surface area contributed by atoms with Crippen molar-refractivity contribution in [2.24, 2.45) is 0 Å². The highest BCUT2D eigenvalue weighted by Gasteiger charge is 2.30. The molecule has 16 heavy (non-hydrogen) atoms. The molecule has 1 N–H and O–H groups in total. The van der Waals surface area contributed by atoms with Crippen LogP contribution in [0.4, 0.5) is 0 Å². The molecular weight excluding hydrogens is 222 g/mol. The van der Waals surface area contributed by atoms with Gasteiger partial charge in [-0.3, -0.25) is 0 Å². The van der Waals surface area contributed by atoms with Crippen molar-refractivity contribution in [2.45, 2.75) is 63.7 Å². The summed E-state index contributed by atoms with van der Waals surface area (Å²) in [6.45, 7) is 5.00. The van der Waals surface area contributed by atoms with E-state index in [4.69, 9.17) is 0 Å².